The molecule has 2 aliphatic heterocycles. The first-order valence-electron chi connectivity index (χ1n) is 11.8. The smallest absolute Gasteiger partial charge is 0.253 e. The molecule has 0 saturated carbocycles. The number of piperidine rings is 1. The number of benzene rings is 2. The first kappa shape index (κ1) is 24.7. The Bertz CT molecular complexity index is 1190. The standard InChI is InChI=1S/C26H32FNO5S/c1-5-34(30,31)24-9-6-19(14-18(24)4)25(29)28-12-10-26(11-13-28)16-23(32-17(2)3)21-15-20(27)7-8-22(21)33-26/h6-9,14-15,17,23H,5,10-13,16H2,1-4H3/t23-/m1/s1. The van der Waals surface area contributed by atoms with Gasteiger partial charge in [0.2, 0.25) is 0 Å². The van der Waals surface area contributed by atoms with E-state index < -0.39 is 15.4 Å². The van der Waals surface area contributed by atoms with Gasteiger partial charge in [0.05, 0.1) is 22.9 Å². The fourth-order valence-electron chi connectivity index (χ4n) is 4.93. The van der Waals surface area contributed by atoms with Crippen LogP contribution in [0.5, 0.6) is 5.75 Å². The molecule has 0 unspecified atom stereocenters. The summed E-state index contributed by atoms with van der Waals surface area (Å²) in [5, 5.41) is 0. The normalized spacial score (nSPS) is 19.7. The Labute approximate surface area is 201 Å². The van der Waals surface area contributed by atoms with E-state index in [0.717, 1.165) is 5.56 Å². The zero-order valence-electron chi connectivity index (χ0n) is 20.1. The van der Waals surface area contributed by atoms with Gasteiger partial charge in [-0.2, -0.15) is 0 Å². The zero-order chi connectivity index (χ0) is 24.7. The number of sulfone groups is 1. The van der Waals surface area contributed by atoms with Gasteiger partial charge in [0.15, 0.2) is 9.84 Å². The third-order valence-electron chi connectivity index (χ3n) is 6.74. The molecule has 0 N–H and O–H groups in total. The van der Waals surface area contributed by atoms with E-state index in [-0.39, 0.29) is 34.6 Å². The van der Waals surface area contributed by atoms with Crippen molar-refractivity contribution in [3.8, 4) is 5.75 Å². The number of rotatable bonds is 5. The second-order valence-corrected chi connectivity index (χ2v) is 11.8. The highest BCUT2D eigenvalue weighted by Crippen LogP contribution is 2.46. The summed E-state index contributed by atoms with van der Waals surface area (Å²) in [7, 11) is -3.33. The van der Waals surface area contributed by atoms with Crippen molar-refractivity contribution in [1.29, 1.82) is 0 Å². The summed E-state index contributed by atoms with van der Waals surface area (Å²) in [6.07, 6.45) is 1.59. The molecule has 2 heterocycles. The van der Waals surface area contributed by atoms with Gasteiger partial charge in [-0.15, -0.1) is 0 Å². The molecule has 34 heavy (non-hydrogen) atoms. The summed E-state index contributed by atoms with van der Waals surface area (Å²) in [5.74, 6) is 0.226. The van der Waals surface area contributed by atoms with Gasteiger partial charge in [0, 0.05) is 43.5 Å². The van der Waals surface area contributed by atoms with Gasteiger partial charge in [-0.1, -0.05) is 6.92 Å². The zero-order valence-corrected chi connectivity index (χ0v) is 21.0. The van der Waals surface area contributed by atoms with Crippen LogP contribution in [0.4, 0.5) is 4.39 Å². The number of amides is 1. The van der Waals surface area contributed by atoms with Gasteiger partial charge in [-0.25, -0.2) is 12.8 Å². The number of carbonyl (C=O) groups is 1. The van der Waals surface area contributed by atoms with Gasteiger partial charge in [0.25, 0.3) is 5.91 Å². The van der Waals surface area contributed by atoms with Crippen LogP contribution in [-0.2, 0) is 14.6 Å². The maximum atomic E-state index is 13.9. The van der Waals surface area contributed by atoms with E-state index in [1.807, 2.05) is 13.8 Å². The third-order valence-corrected chi connectivity index (χ3v) is 8.63. The molecule has 4 rings (SSSR count). The van der Waals surface area contributed by atoms with E-state index in [9.17, 15) is 17.6 Å². The van der Waals surface area contributed by atoms with E-state index >= 15 is 0 Å². The summed E-state index contributed by atoms with van der Waals surface area (Å²) in [4.78, 5) is 15.2. The average Bonchev–Trinajstić information content (AvgIpc) is 2.79. The molecule has 0 bridgehead atoms. The van der Waals surface area contributed by atoms with Crippen LogP contribution >= 0.6 is 0 Å². The van der Waals surface area contributed by atoms with Crippen molar-refractivity contribution in [2.24, 2.45) is 0 Å². The summed E-state index contributed by atoms with van der Waals surface area (Å²) in [6.45, 7) is 8.27. The molecule has 2 aromatic carbocycles. The molecule has 0 radical (unpaired) electrons. The highest BCUT2D eigenvalue weighted by Gasteiger charge is 2.45. The van der Waals surface area contributed by atoms with E-state index in [1.54, 1.807) is 36.9 Å². The fourth-order valence-corrected chi connectivity index (χ4v) is 6.07. The van der Waals surface area contributed by atoms with Crippen LogP contribution in [0.15, 0.2) is 41.3 Å². The molecule has 1 saturated heterocycles. The first-order chi connectivity index (χ1) is 16.0. The maximum absolute atomic E-state index is 13.9. The molecule has 6 nitrogen and oxygen atoms in total. The van der Waals surface area contributed by atoms with Gasteiger partial charge >= 0.3 is 0 Å². The Kier molecular flexibility index (Phi) is 6.75. The average molecular weight is 490 g/mol. The Morgan fingerprint density at radius 3 is 2.53 bits per heavy atom. The number of carbonyl (C=O) groups excluding carboxylic acids is 1. The minimum absolute atomic E-state index is 0.0133. The number of fused-ring (bicyclic) bond motifs is 1. The lowest BCUT2D eigenvalue weighted by Gasteiger charge is -2.47. The number of ether oxygens (including phenoxy) is 2. The molecule has 1 atom stereocenters. The molecule has 1 spiro atoms. The molecule has 184 valence electrons. The maximum Gasteiger partial charge on any atom is 0.253 e. The van der Waals surface area contributed by atoms with E-state index in [2.05, 4.69) is 0 Å². The molecule has 1 fully saturated rings. The van der Waals surface area contributed by atoms with Gasteiger partial charge in [-0.3, -0.25) is 4.79 Å². The van der Waals surface area contributed by atoms with Crippen LogP contribution in [0.25, 0.3) is 0 Å². The topological polar surface area (TPSA) is 72.9 Å². The fraction of sp³-hybridized carbons (Fsp3) is 0.500. The van der Waals surface area contributed by atoms with Crippen LogP contribution in [0.3, 0.4) is 0 Å². The Morgan fingerprint density at radius 1 is 1.21 bits per heavy atom. The van der Waals surface area contributed by atoms with Crippen molar-refractivity contribution < 1.29 is 27.1 Å². The van der Waals surface area contributed by atoms with Crippen molar-refractivity contribution in [1.82, 2.24) is 4.90 Å². The molecular formula is C26H32FNO5S. The third kappa shape index (κ3) is 4.84. The van der Waals surface area contributed by atoms with Gasteiger partial charge < -0.3 is 14.4 Å². The van der Waals surface area contributed by atoms with Crippen molar-refractivity contribution >= 4 is 15.7 Å². The molecular weight excluding hydrogens is 457 g/mol. The second kappa shape index (κ2) is 9.30. The van der Waals surface area contributed by atoms with E-state index in [4.69, 9.17) is 9.47 Å². The lowest BCUT2D eigenvalue weighted by atomic mass is 9.81. The van der Waals surface area contributed by atoms with Crippen molar-refractivity contribution in [3.05, 3.63) is 58.9 Å². The Hall–Kier alpha value is -2.45. The van der Waals surface area contributed by atoms with Gasteiger partial charge in [-0.05, 0) is 62.7 Å². The van der Waals surface area contributed by atoms with Crippen LogP contribution < -0.4 is 4.74 Å². The highest BCUT2D eigenvalue weighted by molar-refractivity contribution is 7.91. The largest absolute Gasteiger partial charge is 0.487 e. The van der Waals surface area contributed by atoms with E-state index in [0.29, 0.717) is 49.2 Å². The number of halogens is 1. The quantitative estimate of drug-likeness (QED) is 0.600. The van der Waals surface area contributed by atoms with E-state index in [1.165, 1.54) is 18.2 Å². The molecule has 2 aliphatic rings. The van der Waals surface area contributed by atoms with Crippen molar-refractivity contribution in [2.45, 2.75) is 69.7 Å². The lowest BCUT2D eigenvalue weighted by molar-refractivity contribution is -0.0873. The highest BCUT2D eigenvalue weighted by atomic mass is 32.2. The number of hydrogen-bond acceptors (Lipinski definition) is 5. The Balaban J connectivity index is 1.50. The van der Waals surface area contributed by atoms with Crippen LogP contribution in [0.1, 0.15) is 67.6 Å². The Morgan fingerprint density at radius 2 is 1.91 bits per heavy atom. The number of likely N-dealkylation sites (tertiary alicyclic amines) is 1. The minimum Gasteiger partial charge on any atom is -0.487 e. The first-order valence-corrected chi connectivity index (χ1v) is 13.5. The SMILES string of the molecule is CCS(=O)(=O)c1ccc(C(=O)N2CCC3(CC2)C[C@@H](OC(C)C)c2cc(F)ccc2O3)cc1C. The molecule has 0 aliphatic carbocycles. The predicted octanol–water partition coefficient (Wildman–Crippen LogP) is 4.85. The second-order valence-electron chi connectivity index (χ2n) is 9.52. The summed E-state index contributed by atoms with van der Waals surface area (Å²) >= 11 is 0. The number of hydrogen-bond donors (Lipinski definition) is 0. The lowest BCUT2D eigenvalue weighted by Crippen LogP contribution is -2.52. The minimum atomic E-state index is -3.33. The molecule has 2 aromatic rings. The monoisotopic (exact) mass is 489 g/mol. The summed E-state index contributed by atoms with van der Waals surface area (Å²) < 4.78 is 50.9. The summed E-state index contributed by atoms with van der Waals surface area (Å²) in [6, 6.07) is 9.32. The number of aryl methyl sites for hydroxylation is 1. The molecule has 8 heteroatoms. The van der Waals surface area contributed by atoms with Crippen LogP contribution in [0, 0.1) is 12.7 Å². The van der Waals surface area contributed by atoms with Crippen molar-refractivity contribution in [2.75, 3.05) is 18.8 Å². The number of nitrogens with zero attached hydrogens (tertiary/aromatic N) is 1. The van der Waals surface area contributed by atoms with Gasteiger partial charge in [0.1, 0.15) is 17.2 Å². The van der Waals surface area contributed by atoms with Crippen LogP contribution in [-0.4, -0.2) is 49.8 Å². The predicted molar refractivity (Wildman–Crippen MR) is 127 cm³/mol. The molecule has 0 aromatic heterocycles. The van der Waals surface area contributed by atoms with Crippen LogP contribution in [0.2, 0.25) is 0 Å². The molecule has 1 amide bonds. The van der Waals surface area contributed by atoms with Crippen molar-refractivity contribution in [3.63, 3.8) is 0 Å². The summed E-state index contributed by atoms with van der Waals surface area (Å²) in [5.41, 5.74) is 1.32.